The quantitative estimate of drug-likeness (QED) is 0.174. The van der Waals surface area contributed by atoms with E-state index in [1.54, 1.807) is 30.3 Å². The van der Waals surface area contributed by atoms with Gasteiger partial charge in [-0.25, -0.2) is 12.8 Å². The SMILES string of the molecule is Cc1ccc(S(=O)(=O)N(CC(=O)N(Cc2cccc(Cl)c2)[C@H](Cc2ccccc2)C(=O)NC2CCCCC2)c2ccc(F)cc2)cc1. The molecule has 1 N–H and O–H groups in total. The second-order valence-corrected chi connectivity index (χ2v) is 14.3. The minimum absolute atomic E-state index is 0.00438. The van der Waals surface area contributed by atoms with Gasteiger partial charge < -0.3 is 10.2 Å². The molecule has 10 heteroatoms. The summed E-state index contributed by atoms with van der Waals surface area (Å²) in [4.78, 5) is 30.2. The van der Waals surface area contributed by atoms with Crippen molar-refractivity contribution >= 4 is 39.1 Å². The smallest absolute Gasteiger partial charge is 0.264 e. The first-order valence-electron chi connectivity index (χ1n) is 15.8. The number of carbonyl (C=O) groups excluding carboxylic acids is 2. The van der Waals surface area contributed by atoms with Gasteiger partial charge in [0.1, 0.15) is 18.4 Å². The van der Waals surface area contributed by atoms with Crippen LogP contribution in [-0.4, -0.2) is 43.8 Å². The van der Waals surface area contributed by atoms with Crippen molar-refractivity contribution in [3.05, 3.63) is 131 Å². The van der Waals surface area contributed by atoms with Crippen molar-refractivity contribution in [2.75, 3.05) is 10.8 Å². The number of hydrogen-bond donors (Lipinski definition) is 1. The Balaban J connectivity index is 1.56. The number of aryl methyl sites for hydroxylation is 1. The summed E-state index contributed by atoms with van der Waals surface area (Å²) in [6.45, 7) is 1.23. The van der Waals surface area contributed by atoms with Gasteiger partial charge in [0.25, 0.3) is 10.0 Å². The molecule has 1 fully saturated rings. The Morgan fingerprint density at radius 1 is 0.872 bits per heavy atom. The molecule has 246 valence electrons. The standard InChI is InChI=1S/C37H39ClFN3O4S/c1-27-15-21-34(22-16-27)47(45,46)42(33-19-17-31(39)18-20-33)26-36(43)41(25-29-11-8-12-30(38)23-29)35(24-28-9-4-2-5-10-28)37(44)40-32-13-6-3-7-14-32/h2,4-5,8-12,15-23,32,35H,3,6-7,13-14,24-26H2,1H3,(H,40,44)/t35-/m1/s1. The molecular weight excluding hydrogens is 637 g/mol. The molecule has 0 radical (unpaired) electrons. The van der Waals surface area contributed by atoms with Gasteiger partial charge in [0.2, 0.25) is 11.8 Å². The molecule has 0 saturated heterocycles. The summed E-state index contributed by atoms with van der Waals surface area (Å²) in [7, 11) is -4.28. The number of sulfonamides is 1. The number of halogens is 2. The topological polar surface area (TPSA) is 86.8 Å². The van der Waals surface area contributed by atoms with Crippen LogP contribution in [0.2, 0.25) is 5.02 Å². The first-order chi connectivity index (χ1) is 22.6. The van der Waals surface area contributed by atoms with Crippen LogP contribution in [0.25, 0.3) is 0 Å². The fourth-order valence-electron chi connectivity index (χ4n) is 5.90. The molecule has 7 nitrogen and oxygen atoms in total. The molecule has 1 saturated carbocycles. The molecule has 1 atom stereocenters. The number of nitrogens with one attached hydrogen (secondary N) is 1. The van der Waals surface area contributed by atoms with Gasteiger partial charge in [0.15, 0.2) is 0 Å². The van der Waals surface area contributed by atoms with Crippen molar-refractivity contribution in [3.63, 3.8) is 0 Å². The maximum absolute atomic E-state index is 14.6. The highest BCUT2D eigenvalue weighted by molar-refractivity contribution is 7.92. The van der Waals surface area contributed by atoms with E-state index < -0.39 is 34.3 Å². The third kappa shape index (κ3) is 8.99. The Morgan fingerprint density at radius 3 is 2.19 bits per heavy atom. The molecule has 5 rings (SSSR count). The van der Waals surface area contributed by atoms with Gasteiger partial charge >= 0.3 is 0 Å². The number of carbonyl (C=O) groups is 2. The van der Waals surface area contributed by atoms with Gasteiger partial charge in [-0.1, -0.05) is 91.0 Å². The zero-order valence-electron chi connectivity index (χ0n) is 26.3. The highest BCUT2D eigenvalue weighted by Crippen LogP contribution is 2.26. The molecular formula is C37H39ClFN3O4S. The second-order valence-electron chi connectivity index (χ2n) is 12.0. The summed E-state index contributed by atoms with van der Waals surface area (Å²) >= 11 is 6.32. The molecule has 0 heterocycles. The van der Waals surface area contributed by atoms with E-state index in [1.165, 1.54) is 29.2 Å². The van der Waals surface area contributed by atoms with Gasteiger partial charge in [0.05, 0.1) is 10.6 Å². The van der Waals surface area contributed by atoms with Crippen LogP contribution in [0.4, 0.5) is 10.1 Å². The summed E-state index contributed by atoms with van der Waals surface area (Å²) in [5.41, 5.74) is 2.52. The number of anilines is 1. The van der Waals surface area contributed by atoms with Crippen molar-refractivity contribution in [1.82, 2.24) is 10.2 Å². The van der Waals surface area contributed by atoms with Crippen LogP contribution in [0.5, 0.6) is 0 Å². The maximum atomic E-state index is 14.6. The van der Waals surface area contributed by atoms with Crippen LogP contribution < -0.4 is 9.62 Å². The summed E-state index contributed by atoms with van der Waals surface area (Å²) in [6.07, 6.45) is 5.09. The van der Waals surface area contributed by atoms with Crippen molar-refractivity contribution < 1.29 is 22.4 Å². The molecule has 4 aromatic carbocycles. The van der Waals surface area contributed by atoms with Gasteiger partial charge in [-0.15, -0.1) is 0 Å². The molecule has 0 aromatic heterocycles. The third-order valence-corrected chi connectivity index (χ3v) is 10.5. The van der Waals surface area contributed by atoms with Crippen LogP contribution in [0.3, 0.4) is 0 Å². The lowest BCUT2D eigenvalue weighted by molar-refractivity contribution is -0.140. The van der Waals surface area contributed by atoms with Crippen molar-refractivity contribution in [1.29, 1.82) is 0 Å². The Bertz CT molecular complexity index is 1760. The molecule has 0 spiro atoms. The lowest BCUT2D eigenvalue weighted by Gasteiger charge is -2.35. The van der Waals surface area contributed by atoms with E-state index in [1.807, 2.05) is 43.3 Å². The number of benzene rings is 4. The average Bonchev–Trinajstić information content (AvgIpc) is 3.06. The normalized spacial score (nSPS) is 14.3. The Morgan fingerprint density at radius 2 is 1.53 bits per heavy atom. The van der Waals surface area contributed by atoms with Crippen LogP contribution >= 0.6 is 11.6 Å². The summed E-state index contributed by atoms with van der Waals surface area (Å²) < 4.78 is 43.2. The minimum Gasteiger partial charge on any atom is -0.352 e. The molecule has 1 aliphatic carbocycles. The van der Waals surface area contributed by atoms with Crippen molar-refractivity contribution in [2.24, 2.45) is 0 Å². The first-order valence-corrected chi connectivity index (χ1v) is 17.6. The van der Waals surface area contributed by atoms with E-state index in [2.05, 4.69) is 5.32 Å². The van der Waals surface area contributed by atoms with Crippen LogP contribution in [-0.2, 0) is 32.6 Å². The predicted molar refractivity (Wildman–Crippen MR) is 183 cm³/mol. The van der Waals surface area contributed by atoms with Gasteiger partial charge in [-0.3, -0.25) is 13.9 Å². The van der Waals surface area contributed by atoms with E-state index >= 15 is 0 Å². The molecule has 4 aromatic rings. The molecule has 0 unspecified atom stereocenters. The van der Waals surface area contributed by atoms with E-state index in [0.717, 1.165) is 59.7 Å². The van der Waals surface area contributed by atoms with Crippen molar-refractivity contribution in [3.8, 4) is 0 Å². The number of nitrogens with zero attached hydrogens (tertiary/aromatic N) is 2. The van der Waals surface area contributed by atoms with Crippen molar-refractivity contribution in [2.45, 2.75) is 69.0 Å². The highest BCUT2D eigenvalue weighted by Gasteiger charge is 2.35. The van der Waals surface area contributed by atoms with Gasteiger partial charge in [-0.05, 0) is 79.4 Å². The zero-order chi connectivity index (χ0) is 33.4. The van der Waals surface area contributed by atoms with E-state index in [-0.39, 0.29) is 35.5 Å². The molecule has 2 amide bonds. The lowest BCUT2D eigenvalue weighted by atomic mass is 9.94. The maximum Gasteiger partial charge on any atom is 0.264 e. The van der Waals surface area contributed by atoms with Gasteiger partial charge in [-0.2, -0.15) is 0 Å². The van der Waals surface area contributed by atoms with E-state index in [9.17, 15) is 22.4 Å². The second kappa shape index (κ2) is 15.6. The van der Waals surface area contributed by atoms with E-state index in [4.69, 9.17) is 11.6 Å². The lowest BCUT2D eigenvalue weighted by Crippen LogP contribution is -2.55. The van der Waals surface area contributed by atoms with Crippen LogP contribution in [0, 0.1) is 12.7 Å². The molecule has 0 aliphatic heterocycles. The fourth-order valence-corrected chi connectivity index (χ4v) is 7.53. The number of amides is 2. The van der Waals surface area contributed by atoms with E-state index in [0.29, 0.717) is 10.6 Å². The molecule has 47 heavy (non-hydrogen) atoms. The molecule has 0 bridgehead atoms. The third-order valence-electron chi connectivity index (χ3n) is 8.47. The van der Waals surface area contributed by atoms with Gasteiger partial charge in [0, 0.05) is 24.0 Å². The summed E-state index contributed by atoms with van der Waals surface area (Å²) in [6, 6.07) is 26.7. The summed E-state index contributed by atoms with van der Waals surface area (Å²) in [5.74, 6) is -1.44. The predicted octanol–water partition coefficient (Wildman–Crippen LogP) is 7.07. The number of hydrogen-bond acceptors (Lipinski definition) is 4. The van der Waals surface area contributed by atoms with Crippen LogP contribution in [0.1, 0.15) is 48.8 Å². The average molecular weight is 676 g/mol. The largest absolute Gasteiger partial charge is 0.352 e. The Kier molecular flexibility index (Phi) is 11.3. The Labute approximate surface area is 281 Å². The molecule has 1 aliphatic rings. The monoisotopic (exact) mass is 675 g/mol. The zero-order valence-corrected chi connectivity index (χ0v) is 27.9. The fraction of sp³-hybridized carbons (Fsp3) is 0.297. The Hall–Kier alpha value is -4.21. The first kappa shape index (κ1) is 34.1. The number of rotatable bonds is 12. The van der Waals surface area contributed by atoms with Crippen LogP contribution in [0.15, 0.2) is 108 Å². The summed E-state index contributed by atoms with van der Waals surface area (Å²) in [5, 5.41) is 3.66. The minimum atomic E-state index is -4.28. The highest BCUT2D eigenvalue weighted by atomic mass is 35.5.